The third-order valence-electron chi connectivity index (χ3n) is 7.52. The van der Waals surface area contributed by atoms with Crippen LogP contribution in [0.15, 0.2) is 54.6 Å². The normalized spacial score (nSPS) is 17.4. The highest BCUT2D eigenvalue weighted by atomic mass is 35.5. The number of methoxy groups -OCH3 is 2. The van der Waals surface area contributed by atoms with Crippen molar-refractivity contribution in [2.75, 3.05) is 24.4 Å². The van der Waals surface area contributed by atoms with Gasteiger partial charge < -0.3 is 19.4 Å². The first kappa shape index (κ1) is 26.2. The number of nitrogens with one attached hydrogen (secondary N) is 1. The van der Waals surface area contributed by atoms with Gasteiger partial charge in [0.1, 0.15) is 22.9 Å². The van der Waals surface area contributed by atoms with E-state index < -0.39 is 17.4 Å². The molecule has 1 N–H and O–H groups in total. The maximum absolute atomic E-state index is 14.5. The Bertz CT molecular complexity index is 1710. The van der Waals surface area contributed by atoms with Crippen molar-refractivity contribution in [2.45, 2.75) is 32.4 Å². The molecule has 2 aliphatic heterocycles. The third kappa shape index (κ3) is 3.42. The molecular formula is C30H26Cl2N4O4. The maximum atomic E-state index is 14.5. The van der Waals surface area contributed by atoms with E-state index >= 15 is 0 Å². The van der Waals surface area contributed by atoms with Crippen LogP contribution >= 0.6 is 23.2 Å². The van der Waals surface area contributed by atoms with E-state index in [1.54, 1.807) is 56.7 Å². The van der Waals surface area contributed by atoms with Crippen LogP contribution in [0.3, 0.4) is 0 Å². The van der Waals surface area contributed by atoms with Gasteiger partial charge in [0.25, 0.3) is 11.8 Å². The summed E-state index contributed by atoms with van der Waals surface area (Å²) in [6, 6.07) is 15.7. The molecule has 0 radical (unpaired) electrons. The lowest BCUT2D eigenvalue weighted by atomic mass is 9.86. The fourth-order valence-corrected chi connectivity index (χ4v) is 6.22. The lowest BCUT2D eigenvalue weighted by Gasteiger charge is -2.36. The summed E-state index contributed by atoms with van der Waals surface area (Å²) in [6.07, 6.45) is 0. The van der Waals surface area contributed by atoms with Gasteiger partial charge in [-0.3, -0.25) is 14.5 Å². The van der Waals surface area contributed by atoms with Gasteiger partial charge in [0.05, 0.1) is 25.6 Å². The maximum Gasteiger partial charge on any atom is 0.280 e. The number of anilines is 2. The van der Waals surface area contributed by atoms with Crippen LogP contribution in [0.5, 0.6) is 11.5 Å². The average Bonchev–Trinajstić information content (AvgIpc) is 3.53. The molecule has 6 rings (SSSR count). The summed E-state index contributed by atoms with van der Waals surface area (Å²) in [5.41, 5.74) is 2.03. The van der Waals surface area contributed by atoms with Crippen molar-refractivity contribution in [1.29, 1.82) is 0 Å². The van der Waals surface area contributed by atoms with E-state index in [1.807, 2.05) is 37.5 Å². The summed E-state index contributed by atoms with van der Waals surface area (Å²) < 4.78 is 13.3. The van der Waals surface area contributed by atoms with Crippen molar-refractivity contribution >= 4 is 46.4 Å². The van der Waals surface area contributed by atoms with Gasteiger partial charge in [-0.1, -0.05) is 41.4 Å². The van der Waals surface area contributed by atoms with Crippen molar-refractivity contribution < 1.29 is 19.1 Å². The minimum absolute atomic E-state index is 0.161. The van der Waals surface area contributed by atoms with Crippen LogP contribution in [-0.2, 0) is 10.3 Å². The van der Waals surface area contributed by atoms with Gasteiger partial charge >= 0.3 is 0 Å². The van der Waals surface area contributed by atoms with Crippen LogP contribution in [0.4, 0.5) is 11.4 Å². The fourth-order valence-electron chi connectivity index (χ4n) is 5.88. The molecule has 0 bridgehead atoms. The summed E-state index contributed by atoms with van der Waals surface area (Å²) in [4.78, 5) is 35.3. The second kappa shape index (κ2) is 9.28. The highest BCUT2D eigenvalue weighted by molar-refractivity contribution is 6.32. The number of carbonyl (C=O) groups excluding carboxylic acids is 2. The molecule has 2 aliphatic rings. The molecule has 1 spiro atoms. The molecule has 0 aliphatic carbocycles. The van der Waals surface area contributed by atoms with Crippen molar-refractivity contribution in [3.05, 3.63) is 87.2 Å². The van der Waals surface area contributed by atoms with Crippen LogP contribution in [-0.4, -0.2) is 35.6 Å². The number of benzene rings is 3. The smallest absolute Gasteiger partial charge is 0.280 e. The Morgan fingerprint density at radius 2 is 1.60 bits per heavy atom. The van der Waals surface area contributed by atoms with Gasteiger partial charge in [-0.25, -0.2) is 4.98 Å². The Kier molecular flexibility index (Phi) is 6.09. The van der Waals surface area contributed by atoms with Gasteiger partial charge in [-0.05, 0) is 62.7 Å². The number of imidazole rings is 1. The predicted octanol–water partition coefficient (Wildman–Crippen LogP) is 6.62. The van der Waals surface area contributed by atoms with Crippen LogP contribution in [0, 0.1) is 6.92 Å². The Morgan fingerprint density at radius 1 is 0.950 bits per heavy atom. The number of aromatic nitrogens is 2. The number of amides is 2. The standard InChI is InChI=1S/C30H26Cl2N4O4/c1-15(2)35-26-25(34-27(35)24-22(39-4)7-6-8-23(24)40-5)28(37)36(21-14-18(32)10-9-16(21)3)30(26)19-12-11-17(31)13-20(19)33-29(30)38/h6-15H,1-5H3,(H,33,38). The van der Waals surface area contributed by atoms with E-state index in [9.17, 15) is 9.59 Å². The zero-order chi connectivity index (χ0) is 28.5. The molecule has 3 heterocycles. The summed E-state index contributed by atoms with van der Waals surface area (Å²) in [5.74, 6) is 0.693. The monoisotopic (exact) mass is 576 g/mol. The molecule has 204 valence electrons. The number of halogens is 2. The molecule has 1 aromatic heterocycles. The lowest BCUT2D eigenvalue weighted by molar-refractivity contribution is -0.119. The highest BCUT2D eigenvalue weighted by Crippen LogP contribution is 2.55. The van der Waals surface area contributed by atoms with E-state index in [2.05, 4.69) is 5.32 Å². The molecule has 0 fully saturated rings. The summed E-state index contributed by atoms with van der Waals surface area (Å²) >= 11 is 12.8. The molecule has 0 saturated heterocycles. The summed E-state index contributed by atoms with van der Waals surface area (Å²) in [7, 11) is 3.13. The van der Waals surface area contributed by atoms with Gasteiger partial charge in [0, 0.05) is 27.3 Å². The molecule has 1 atom stereocenters. The molecule has 4 aromatic rings. The molecule has 2 amide bonds. The first-order valence-corrected chi connectivity index (χ1v) is 13.5. The van der Waals surface area contributed by atoms with E-state index in [1.165, 1.54) is 4.90 Å². The number of carbonyl (C=O) groups is 2. The number of ether oxygens (including phenoxy) is 2. The topological polar surface area (TPSA) is 85.7 Å². The zero-order valence-electron chi connectivity index (χ0n) is 22.5. The molecule has 8 nitrogen and oxygen atoms in total. The Balaban J connectivity index is 1.76. The number of aryl methyl sites for hydroxylation is 1. The van der Waals surface area contributed by atoms with Crippen LogP contribution < -0.4 is 19.7 Å². The summed E-state index contributed by atoms with van der Waals surface area (Å²) in [5, 5.41) is 3.89. The van der Waals surface area contributed by atoms with Crippen LogP contribution in [0.2, 0.25) is 10.0 Å². The second-order valence-electron chi connectivity index (χ2n) is 10.1. The van der Waals surface area contributed by atoms with Gasteiger partial charge in [0.15, 0.2) is 11.2 Å². The van der Waals surface area contributed by atoms with Gasteiger partial charge in [0.2, 0.25) is 0 Å². The molecule has 40 heavy (non-hydrogen) atoms. The van der Waals surface area contributed by atoms with E-state index in [4.69, 9.17) is 37.7 Å². The minimum Gasteiger partial charge on any atom is -0.496 e. The highest BCUT2D eigenvalue weighted by Gasteiger charge is 2.64. The lowest BCUT2D eigenvalue weighted by Crippen LogP contribution is -2.51. The van der Waals surface area contributed by atoms with E-state index in [-0.39, 0.29) is 11.7 Å². The van der Waals surface area contributed by atoms with Crippen molar-refractivity contribution in [3.63, 3.8) is 0 Å². The molecule has 1 unspecified atom stereocenters. The zero-order valence-corrected chi connectivity index (χ0v) is 24.0. The van der Waals surface area contributed by atoms with Crippen LogP contribution in [0.1, 0.15) is 47.2 Å². The molecule has 10 heteroatoms. The van der Waals surface area contributed by atoms with Crippen molar-refractivity contribution in [1.82, 2.24) is 9.55 Å². The van der Waals surface area contributed by atoms with Crippen LogP contribution in [0.25, 0.3) is 11.4 Å². The van der Waals surface area contributed by atoms with E-state index in [0.717, 1.165) is 5.56 Å². The number of hydrogen-bond acceptors (Lipinski definition) is 5. The number of nitrogens with zero attached hydrogens (tertiary/aromatic N) is 3. The summed E-state index contributed by atoms with van der Waals surface area (Å²) in [6.45, 7) is 5.84. The number of hydrogen-bond donors (Lipinski definition) is 1. The first-order chi connectivity index (χ1) is 19.1. The quantitative estimate of drug-likeness (QED) is 0.288. The Labute approximate surface area is 241 Å². The number of rotatable bonds is 5. The van der Waals surface area contributed by atoms with Gasteiger partial charge in [-0.2, -0.15) is 0 Å². The third-order valence-corrected chi connectivity index (χ3v) is 7.99. The average molecular weight is 577 g/mol. The van der Waals surface area contributed by atoms with Crippen molar-refractivity contribution in [2.24, 2.45) is 0 Å². The fraction of sp³-hybridized carbons (Fsp3) is 0.233. The van der Waals surface area contributed by atoms with Crippen molar-refractivity contribution in [3.8, 4) is 22.9 Å². The largest absolute Gasteiger partial charge is 0.496 e. The Hall–Kier alpha value is -4.01. The molecule has 3 aromatic carbocycles. The molecular weight excluding hydrogens is 551 g/mol. The van der Waals surface area contributed by atoms with E-state index in [0.29, 0.717) is 55.6 Å². The Morgan fingerprint density at radius 3 is 2.25 bits per heavy atom. The predicted molar refractivity (Wildman–Crippen MR) is 155 cm³/mol. The number of fused-ring (bicyclic) bond motifs is 4. The second-order valence-corrected chi connectivity index (χ2v) is 10.9. The van der Waals surface area contributed by atoms with Gasteiger partial charge in [-0.15, -0.1) is 0 Å². The molecule has 0 saturated carbocycles. The first-order valence-electron chi connectivity index (χ1n) is 12.7. The minimum atomic E-state index is -1.58. The SMILES string of the molecule is COc1cccc(OC)c1-c1nc2c(n1C(C)C)C1(C(=O)Nc3cc(Cl)ccc31)N(c1cc(Cl)ccc1C)C2=O.